The SMILES string of the molecule is CCC1=CC=C(N(c2ccccc2)c2ccc(OC)cc2)CC1. The monoisotopic (exact) mass is 305 g/mol. The van der Waals surface area contributed by atoms with Crippen LogP contribution in [0.3, 0.4) is 0 Å². The van der Waals surface area contributed by atoms with E-state index in [1.807, 2.05) is 12.1 Å². The first-order valence-corrected chi connectivity index (χ1v) is 8.19. The van der Waals surface area contributed by atoms with Gasteiger partial charge in [-0.25, -0.2) is 0 Å². The minimum absolute atomic E-state index is 0.882. The molecule has 2 nitrogen and oxygen atoms in total. The molecule has 0 bridgehead atoms. The number of methoxy groups -OCH3 is 1. The topological polar surface area (TPSA) is 12.5 Å². The Morgan fingerprint density at radius 2 is 1.57 bits per heavy atom. The lowest BCUT2D eigenvalue weighted by atomic mass is 9.99. The summed E-state index contributed by atoms with van der Waals surface area (Å²) in [7, 11) is 1.70. The predicted molar refractivity (Wildman–Crippen MR) is 97.3 cm³/mol. The Morgan fingerprint density at radius 3 is 2.13 bits per heavy atom. The molecule has 0 aromatic heterocycles. The molecular weight excluding hydrogens is 282 g/mol. The molecule has 0 fully saturated rings. The fraction of sp³-hybridized carbons (Fsp3) is 0.238. The van der Waals surface area contributed by atoms with Gasteiger partial charge >= 0.3 is 0 Å². The van der Waals surface area contributed by atoms with Crippen LogP contribution in [0.2, 0.25) is 0 Å². The number of allylic oxidation sites excluding steroid dienone is 4. The van der Waals surface area contributed by atoms with E-state index in [-0.39, 0.29) is 0 Å². The van der Waals surface area contributed by atoms with E-state index in [9.17, 15) is 0 Å². The average Bonchev–Trinajstić information content (AvgIpc) is 2.64. The fourth-order valence-electron chi connectivity index (χ4n) is 2.94. The molecule has 2 aromatic carbocycles. The highest BCUT2D eigenvalue weighted by Gasteiger charge is 2.16. The van der Waals surface area contributed by atoms with E-state index < -0.39 is 0 Å². The van der Waals surface area contributed by atoms with Crippen molar-refractivity contribution in [3.8, 4) is 5.75 Å². The van der Waals surface area contributed by atoms with Gasteiger partial charge in [-0.05, 0) is 61.7 Å². The van der Waals surface area contributed by atoms with Gasteiger partial charge in [-0.2, -0.15) is 0 Å². The van der Waals surface area contributed by atoms with Gasteiger partial charge in [0.1, 0.15) is 5.75 Å². The molecule has 0 saturated heterocycles. The van der Waals surface area contributed by atoms with E-state index in [0.717, 1.165) is 30.7 Å². The lowest BCUT2D eigenvalue weighted by Crippen LogP contribution is -2.17. The van der Waals surface area contributed by atoms with Crippen molar-refractivity contribution in [3.63, 3.8) is 0 Å². The largest absolute Gasteiger partial charge is 0.497 e. The average molecular weight is 305 g/mol. The molecule has 0 spiro atoms. The number of hydrogen-bond acceptors (Lipinski definition) is 2. The Kier molecular flexibility index (Phi) is 4.82. The summed E-state index contributed by atoms with van der Waals surface area (Å²) in [5, 5.41) is 0. The van der Waals surface area contributed by atoms with E-state index in [1.54, 1.807) is 7.11 Å². The van der Waals surface area contributed by atoms with Crippen molar-refractivity contribution in [2.75, 3.05) is 12.0 Å². The number of rotatable bonds is 5. The van der Waals surface area contributed by atoms with Crippen LogP contribution in [-0.2, 0) is 0 Å². The van der Waals surface area contributed by atoms with Crippen LogP contribution in [0.5, 0.6) is 5.75 Å². The Morgan fingerprint density at radius 1 is 0.870 bits per heavy atom. The zero-order chi connectivity index (χ0) is 16.1. The third-order valence-corrected chi connectivity index (χ3v) is 4.30. The van der Waals surface area contributed by atoms with E-state index in [2.05, 4.69) is 66.4 Å². The van der Waals surface area contributed by atoms with Gasteiger partial charge in [0.05, 0.1) is 7.11 Å². The quantitative estimate of drug-likeness (QED) is 0.687. The summed E-state index contributed by atoms with van der Waals surface area (Å²) in [6, 6.07) is 18.8. The molecule has 2 aromatic rings. The second-order valence-electron chi connectivity index (χ2n) is 5.71. The van der Waals surface area contributed by atoms with Gasteiger partial charge in [0, 0.05) is 17.1 Å². The van der Waals surface area contributed by atoms with E-state index in [0.29, 0.717) is 0 Å². The van der Waals surface area contributed by atoms with E-state index in [4.69, 9.17) is 4.74 Å². The zero-order valence-corrected chi connectivity index (χ0v) is 13.8. The third-order valence-electron chi connectivity index (χ3n) is 4.30. The molecule has 1 aliphatic carbocycles. The lowest BCUT2D eigenvalue weighted by Gasteiger charge is -2.29. The first-order valence-electron chi connectivity index (χ1n) is 8.19. The van der Waals surface area contributed by atoms with Gasteiger partial charge < -0.3 is 9.64 Å². The number of benzene rings is 2. The molecule has 23 heavy (non-hydrogen) atoms. The second-order valence-corrected chi connectivity index (χ2v) is 5.71. The van der Waals surface area contributed by atoms with E-state index in [1.165, 1.54) is 17.0 Å². The lowest BCUT2D eigenvalue weighted by molar-refractivity contribution is 0.415. The highest BCUT2D eigenvalue weighted by molar-refractivity contribution is 5.69. The summed E-state index contributed by atoms with van der Waals surface area (Å²) in [4.78, 5) is 2.34. The summed E-state index contributed by atoms with van der Waals surface area (Å²) in [5.74, 6) is 0.882. The summed E-state index contributed by atoms with van der Waals surface area (Å²) < 4.78 is 5.29. The van der Waals surface area contributed by atoms with Crippen LogP contribution < -0.4 is 9.64 Å². The van der Waals surface area contributed by atoms with Crippen molar-refractivity contribution in [2.45, 2.75) is 26.2 Å². The number of hydrogen-bond donors (Lipinski definition) is 0. The Hall–Kier alpha value is -2.48. The maximum absolute atomic E-state index is 5.29. The summed E-state index contributed by atoms with van der Waals surface area (Å²) in [6.45, 7) is 2.23. The summed E-state index contributed by atoms with van der Waals surface area (Å²) in [6.07, 6.45) is 7.89. The normalized spacial score (nSPS) is 14.0. The van der Waals surface area contributed by atoms with Crippen molar-refractivity contribution < 1.29 is 4.74 Å². The van der Waals surface area contributed by atoms with Crippen molar-refractivity contribution in [3.05, 3.63) is 78.0 Å². The van der Waals surface area contributed by atoms with Crippen LogP contribution in [-0.4, -0.2) is 7.11 Å². The second kappa shape index (κ2) is 7.19. The highest BCUT2D eigenvalue weighted by atomic mass is 16.5. The molecule has 0 radical (unpaired) electrons. The van der Waals surface area contributed by atoms with Crippen LogP contribution in [0.1, 0.15) is 26.2 Å². The minimum atomic E-state index is 0.882. The Balaban J connectivity index is 2.00. The molecule has 0 amide bonds. The number of anilines is 2. The fourth-order valence-corrected chi connectivity index (χ4v) is 2.94. The van der Waals surface area contributed by atoms with Crippen LogP contribution in [0.4, 0.5) is 11.4 Å². The molecule has 3 rings (SSSR count). The predicted octanol–water partition coefficient (Wildman–Crippen LogP) is 5.85. The first kappa shape index (κ1) is 15.4. The number of nitrogens with zero attached hydrogens (tertiary/aromatic N) is 1. The maximum atomic E-state index is 5.29. The number of para-hydroxylation sites is 1. The molecule has 0 aliphatic heterocycles. The molecular formula is C21H23NO. The summed E-state index contributed by atoms with van der Waals surface area (Å²) >= 11 is 0. The number of ether oxygens (including phenoxy) is 1. The first-order chi connectivity index (χ1) is 11.3. The van der Waals surface area contributed by atoms with Crippen LogP contribution in [0, 0.1) is 0 Å². The Labute approximate surface area is 138 Å². The smallest absolute Gasteiger partial charge is 0.119 e. The third kappa shape index (κ3) is 3.48. The van der Waals surface area contributed by atoms with Crippen molar-refractivity contribution in [1.29, 1.82) is 0 Å². The minimum Gasteiger partial charge on any atom is -0.497 e. The molecule has 1 aliphatic rings. The van der Waals surface area contributed by atoms with Crippen molar-refractivity contribution >= 4 is 11.4 Å². The highest BCUT2D eigenvalue weighted by Crippen LogP contribution is 2.35. The van der Waals surface area contributed by atoms with Crippen molar-refractivity contribution in [2.24, 2.45) is 0 Å². The van der Waals surface area contributed by atoms with Crippen LogP contribution >= 0.6 is 0 Å². The zero-order valence-electron chi connectivity index (χ0n) is 13.8. The van der Waals surface area contributed by atoms with Crippen LogP contribution in [0.15, 0.2) is 78.0 Å². The summed E-state index contributed by atoms with van der Waals surface area (Å²) in [5.41, 5.74) is 5.21. The van der Waals surface area contributed by atoms with Gasteiger partial charge in [0.2, 0.25) is 0 Å². The molecule has 0 saturated carbocycles. The molecule has 0 N–H and O–H groups in total. The molecule has 0 atom stereocenters. The van der Waals surface area contributed by atoms with Gasteiger partial charge in [-0.15, -0.1) is 0 Å². The van der Waals surface area contributed by atoms with Crippen molar-refractivity contribution in [1.82, 2.24) is 0 Å². The van der Waals surface area contributed by atoms with Crippen LogP contribution in [0.25, 0.3) is 0 Å². The molecule has 118 valence electrons. The van der Waals surface area contributed by atoms with E-state index >= 15 is 0 Å². The van der Waals surface area contributed by atoms with Gasteiger partial charge in [-0.3, -0.25) is 0 Å². The van der Waals surface area contributed by atoms with Gasteiger partial charge in [0.15, 0.2) is 0 Å². The van der Waals surface area contributed by atoms with Gasteiger partial charge in [0.25, 0.3) is 0 Å². The molecule has 0 unspecified atom stereocenters. The molecule has 2 heteroatoms. The Bertz CT molecular complexity index is 698. The molecule has 0 heterocycles. The standard InChI is InChI=1S/C21H23NO/c1-3-17-9-11-19(12-10-17)22(18-7-5-4-6-8-18)20-13-15-21(23-2)16-14-20/h4-9,11,13-16H,3,10,12H2,1-2H3. The maximum Gasteiger partial charge on any atom is 0.119 e. The van der Waals surface area contributed by atoms with Gasteiger partial charge in [-0.1, -0.05) is 36.8 Å².